The predicted octanol–water partition coefficient (Wildman–Crippen LogP) is 6.37. The Morgan fingerprint density at radius 1 is 0.720 bits per heavy atom. The summed E-state index contributed by atoms with van der Waals surface area (Å²) in [5.41, 5.74) is 2.56. The number of nitrogens with zero attached hydrogens (tertiary/aromatic N) is 1. The molecule has 0 heterocycles. The number of hydrogen-bond acceptors (Lipinski definition) is 1. The Bertz CT molecular complexity index is 1050. The standard InChI is InChI=1S/C24H21N/c1-18(22-13-12-21-7-3-5-9-24(21)17-22)25-15-14-19-10-11-20-6-2-4-8-23(20)16-19/h2-13,15-18H,14H2,1H3. The van der Waals surface area contributed by atoms with Gasteiger partial charge in [-0.1, -0.05) is 78.9 Å². The molecule has 122 valence electrons. The monoisotopic (exact) mass is 323 g/mol. The predicted molar refractivity (Wildman–Crippen MR) is 109 cm³/mol. The zero-order chi connectivity index (χ0) is 17.1. The summed E-state index contributed by atoms with van der Waals surface area (Å²) in [5, 5.41) is 5.12. The second-order valence-electron chi connectivity index (χ2n) is 6.50. The summed E-state index contributed by atoms with van der Waals surface area (Å²) in [4.78, 5) is 4.75. The molecule has 0 radical (unpaired) electrons. The molecular weight excluding hydrogens is 302 g/mol. The fourth-order valence-electron chi connectivity index (χ4n) is 3.24. The summed E-state index contributed by atoms with van der Waals surface area (Å²) < 4.78 is 0. The van der Waals surface area contributed by atoms with Gasteiger partial charge in [0.2, 0.25) is 0 Å². The zero-order valence-corrected chi connectivity index (χ0v) is 14.4. The van der Waals surface area contributed by atoms with Crippen molar-refractivity contribution >= 4 is 27.8 Å². The maximum atomic E-state index is 4.75. The molecule has 0 spiro atoms. The molecular formula is C24H21N. The van der Waals surface area contributed by atoms with Gasteiger partial charge >= 0.3 is 0 Å². The minimum Gasteiger partial charge on any atom is -0.289 e. The van der Waals surface area contributed by atoms with Crippen LogP contribution in [-0.2, 0) is 6.42 Å². The van der Waals surface area contributed by atoms with E-state index >= 15 is 0 Å². The Morgan fingerprint density at radius 2 is 1.32 bits per heavy atom. The van der Waals surface area contributed by atoms with Crippen molar-refractivity contribution in [1.29, 1.82) is 0 Å². The lowest BCUT2D eigenvalue weighted by Crippen LogP contribution is -1.93. The van der Waals surface area contributed by atoms with Crippen molar-refractivity contribution in [1.82, 2.24) is 0 Å². The van der Waals surface area contributed by atoms with Gasteiger partial charge < -0.3 is 0 Å². The molecule has 0 aromatic heterocycles. The molecule has 1 unspecified atom stereocenters. The van der Waals surface area contributed by atoms with E-state index < -0.39 is 0 Å². The van der Waals surface area contributed by atoms with Crippen molar-refractivity contribution in [2.75, 3.05) is 0 Å². The zero-order valence-electron chi connectivity index (χ0n) is 14.4. The largest absolute Gasteiger partial charge is 0.289 e. The maximum absolute atomic E-state index is 4.75. The summed E-state index contributed by atoms with van der Waals surface area (Å²) in [6, 6.07) is 30.3. The first-order valence-corrected chi connectivity index (χ1v) is 8.77. The van der Waals surface area contributed by atoms with Crippen molar-refractivity contribution < 1.29 is 0 Å². The Labute approximate surface area is 148 Å². The maximum Gasteiger partial charge on any atom is 0.0717 e. The first kappa shape index (κ1) is 15.6. The molecule has 4 rings (SSSR count). The topological polar surface area (TPSA) is 12.4 Å². The third-order valence-corrected chi connectivity index (χ3v) is 4.73. The molecule has 1 heteroatoms. The van der Waals surface area contributed by atoms with Gasteiger partial charge in [-0.25, -0.2) is 0 Å². The minimum absolute atomic E-state index is 0.171. The smallest absolute Gasteiger partial charge is 0.0717 e. The number of benzene rings is 4. The van der Waals surface area contributed by atoms with Crippen LogP contribution in [0, 0.1) is 0 Å². The lowest BCUT2D eigenvalue weighted by atomic mass is 10.0. The summed E-state index contributed by atoms with van der Waals surface area (Å²) in [6.45, 7) is 2.15. The fraction of sp³-hybridized carbons (Fsp3) is 0.125. The van der Waals surface area contributed by atoms with Gasteiger partial charge in [-0.15, -0.1) is 0 Å². The van der Waals surface area contributed by atoms with E-state index in [1.54, 1.807) is 0 Å². The number of hydrogen-bond donors (Lipinski definition) is 0. The van der Waals surface area contributed by atoms with E-state index in [0.717, 1.165) is 6.42 Å². The number of fused-ring (bicyclic) bond motifs is 2. The van der Waals surface area contributed by atoms with Gasteiger partial charge in [0.1, 0.15) is 0 Å². The molecule has 4 aromatic rings. The highest BCUT2D eigenvalue weighted by atomic mass is 14.8. The van der Waals surface area contributed by atoms with E-state index in [9.17, 15) is 0 Å². The molecule has 0 aliphatic rings. The first-order chi connectivity index (χ1) is 12.3. The van der Waals surface area contributed by atoms with Crippen LogP contribution in [0.5, 0.6) is 0 Å². The van der Waals surface area contributed by atoms with Crippen LogP contribution < -0.4 is 0 Å². The molecule has 0 aliphatic heterocycles. The normalized spacial score (nSPS) is 12.8. The van der Waals surface area contributed by atoms with Crippen molar-refractivity contribution in [3.8, 4) is 0 Å². The fourth-order valence-corrected chi connectivity index (χ4v) is 3.24. The molecule has 0 saturated carbocycles. The van der Waals surface area contributed by atoms with Crippen LogP contribution in [0.15, 0.2) is 89.9 Å². The molecule has 0 saturated heterocycles. The highest BCUT2D eigenvalue weighted by Crippen LogP contribution is 2.22. The summed E-state index contributed by atoms with van der Waals surface area (Å²) in [5.74, 6) is 0. The third kappa shape index (κ3) is 3.46. The van der Waals surface area contributed by atoms with Crippen LogP contribution >= 0.6 is 0 Å². The van der Waals surface area contributed by atoms with E-state index in [-0.39, 0.29) is 6.04 Å². The molecule has 1 nitrogen and oxygen atoms in total. The second kappa shape index (κ2) is 6.90. The Morgan fingerprint density at radius 3 is 2.04 bits per heavy atom. The van der Waals surface area contributed by atoms with Gasteiger partial charge in [-0.3, -0.25) is 4.99 Å². The van der Waals surface area contributed by atoms with E-state index in [1.807, 2.05) is 6.21 Å². The van der Waals surface area contributed by atoms with Crippen molar-refractivity contribution in [2.45, 2.75) is 19.4 Å². The second-order valence-corrected chi connectivity index (χ2v) is 6.50. The quantitative estimate of drug-likeness (QED) is 0.387. The third-order valence-electron chi connectivity index (χ3n) is 4.73. The van der Waals surface area contributed by atoms with Gasteiger partial charge in [0.15, 0.2) is 0 Å². The minimum atomic E-state index is 0.171. The Balaban J connectivity index is 1.49. The van der Waals surface area contributed by atoms with E-state index in [2.05, 4.69) is 91.9 Å². The van der Waals surface area contributed by atoms with Gasteiger partial charge in [0.25, 0.3) is 0 Å². The van der Waals surface area contributed by atoms with Gasteiger partial charge in [0, 0.05) is 12.6 Å². The van der Waals surface area contributed by atoms with Gasteiger partial charge in [-0.05, 0) is 45.7 Å². The summed E-state index contributed by atoms with van der Waals surface area (Å²) in [7, 11) is 0. The number of aliphatic imine (C=N–C) groups is 1. The lowest BCUT2D eigenvalue weighted by molar-refractivity contribution is 0.824. The molecule has 0 fully saturated rings. The van der Waals surface area contributed by atoms with Gasteiger partial charge in [-0.2, -0.15) is 0 Å². The molecule has 0 bridgehead atoms. The Hall–Kier alpha value is -2.93. The van der Waals surface area contributed by atoms with Crippen LogP contribution in [0.1, 0.15) is 24.1 Å². The van der Waals surface area contributed by atoms with Crippen molar-refractivity contribution in [3.63, 3.8) is 0 Å². The van der Waals surface area contributed by atoms with E-state index in [4.69, 9.17) is 4.99 Å². The van der Waals surface area contributed by atoms with Crippen LogP contribution in [-0.4, -0.2) is 6.21 Å². The Kier molecular flexibility index (Phi) is 4.30. The first-order valence-electron chi connectivity index (χ1n) is 8.77. The van der Waals surface area contributed by atoms with Crippen LogP contribution in [0.4, 0.5) is 0 Å². The molecule has 4 aromatic carbocycles. The molecule has 25 heavy (non-hydrogen) atoms. The average molecular weight is 323 g/mol. The van der Waals surface area contributed by atoms with Crippen LogP contribution in [0.25, 0.3) is 21.5 Å². The van der Waals surface area contributed by atoms with E-state index in [0.29, 0.717) is 0 Å². The van der Waals surface area contributed by atoms with Crippen LogP contribution in [0.3, 0.4) is 0 Å². The molecule has 1 atom stereocenters. The lowest BCUT2D eigenvalue weighted by Gasteiger charge is -2.08. The summed E-state index contributed by atoms with van der Waals surface area (Å²) in [6.07, 6.45) is 2.91. The highest BCUT2D eigenvalue weighted by molar-refractivity contribution is 5.84. The molecule has 0 aliphatic carbocycles. The number of rotatable bonds is 4. The average Bonchev–Trinajstić information content (AvgIpc) is 2.67. The highest BCUT2D eigenvalue weighted by Gasteiger charge is 2.03. The van der Waals surface area contributed by atoms with E-state index in [1.165, 1.54) is 32.7 Å². The van der Waals surface area contributed by atoms with Crippen LogP contribution in [0.2, 0.25) is 0 Å². The van der Waals surface area contributed by atoms with Crippen molar-refractivity contribution in [2.24, 2.45) is 4.99 Å². The molecule has 0 amide bonds. The van der Waals surface area contributed by atoms with Gasteiger partial charge in [0.05, 0.1) is 6.04 Å². The SMILES string of the molecule is CC(N=CCc1ccc2ccccc2c1)c1ccc2ccccc2c1. The summed E-state index contributed by atoms with van der Waals surface area (Å²) >= 11 is 0. The van der Waals surface area contributed by atoms with Crippen molar-refractivity contribution in [3.05, 3.63) is 96.1 Å². The molecule has 0 N–H and O–H groups in total.